The molecule has 4 rings (SSSR count). The second-order valence-electron chi connectivity index (χ2n) is 7.56. The summed E-state index contributed by atoms with van der Waals surface area (Å²) in [5.74, 6) is -0.977. The Balaban J connectivity index is 1.44. The number of nitrogens with one attached hydrogen (secondary N) is 1. The summed E-state index contributed by atoms with van der Waals surface area (Å²) in [6.45, 7) is 0.0920. The van der Waals surface area contributed by atoms with Crippen molar-refractivity contribution in [3.8, 4) is 22.6 Å². The lowest BCUT2D eigenvalue weighted by Crippen LogP contribution is -2.43. The first-order chi connectivity index (χ1) is 15.5. The van der Waals surface area contributed by atoms with Crippen LogP contribution in [0.2, 0.25) is 0 Å². The predicted molar refractivity (Wildman–Crippen MR) is 118 cm³/mol. The maximum absolute atomic E-state index is 12.5. The number of hydrogen-bond donors (Lipinski definition) is 3. The lowest BCUT2D eigenvalue weighted by Gasteiger charge is -2.18. The van der Waals surface area contributed by atoms with E-state index in [0.717, 1.165) is 22.3 Å². The largest absolute Gasteiger partial charge is 0.508 e. The highest BCUT2D eigenvalue weighted by Gasteiger charge is 2.30. The summed E-state index contributed by atoms with van der Waals surface area (Å²) in [6.07, 6.45) is -0.833. The average Bonchev–Trinajstić information content (AvgIpc) is 3.12. The minimum Gasteiger partial charge on any atom is -0.508 e. The van der Waals surface area contributed by atoms with E-state index in [0.29, 0.717) is 11.3 Å². The second kappa shape index (κ2) is 9.01. The van der Waals surface area contributed by atoms with Crippen molar-refractivity contribution in [1.82, 2.24) is 5.32 Å². The average molecular weight is 433 g/mol. The number of hydrogen-bond acceptors (Lipinski definition) is 5. The molecule has 0 fully saturated rings. The van der Waals surface area contributed by atoms with E-state index in [-0.39, 0.29) is 24.7 Å². The first kappa shape index (κ1) is 21.2. The molecule has 1 aliphatic rings. The summed E-state index contributed by atoms with van der Waals surface area (Å²) in [4.78, 5) is 24.2. The SMILES string of the molecule is COc1cc(O)ccc1C[C@H](NC(=O)OCC1c2ccccc2-c2ccccc21)C(=O)O. The molecule has 1 amide bonds. The third kappa shape index (κ3) is 4.23. The van der Waals surface area contributed by atoms with Gasteiger partial charge in [0.15, 0.2) is 0 Å². The maximum atomic E-state index is 12.5. The Morgan fingerprint density at radius 1 is 1.00 bits per heavy atom. The second-order valence-corrected chi connectivity index (χ2v) is 7.56. The van der Waals surface area contributed by atoms with Crippen molar-refractivity contribution in [3.05, 3.63) is 83.4 Å². The fourth-order valence-electron chi connectivity index (χ4n) is 4.10. The summed E-state index contributed by atoms with van der Waals surface area (Å²) in [5, 5.41) is 21.6. The van der Waals surface area contributed by atoms with Crippen LogP contribution in [-0.2, 0) is 16.0 Å². The fourth-order valence-corrected chi connectivity index (χ4v) is 4.10. The molecule has 32 heavy (non-hydrogen) atoms. The molecule has 3 aromatic carbocycles. The number of ether oxygens (including phenoxy) is 2. The molecular formula is C25H23NO6. The van der Waals surface area contributed by atoms with Gasteiger partial charge >= 0.3 is 12.1 Å². The van der Waals surface area contributed by atoms with Crippen LogP contribution in [0.4, 0.5) is 4.79 Å². The summed E-state index contributed by atoms with van der Waals surface area (Å²) >= 11 is 0. The monoisotopic (exact) mass is 433 g/mol. The van der Waals surface area contributed by atoms with Gasteiger partial charge in [0.05, 0.1) is 7.11 Å². The molecule has 0 heterocycles. The number of alkyl carbamates (subject to hydrolysis) is 1. The number of phenolic OH excluding ortho intramolecular Hbond substituents is 1. The number of carboxylic acid groups (broad SMARTS) is 1. The number of fused-ring (bicyclic) bond motifs is 3. The number of aliphatic carboxylic acids is 1. The zero-order valence-corrected chi connectivity index (χ0v) is 17.4. The number of phenols is 1. The topological polar surface area (TPSA) is 105 Å². The molecule has 7 heteroatoms. The van der Waals surface area contributed by atoms with Crippen LogP contribution in [-0.4, -0.2) is 42.0 Å². The molecule has 0 bridgehead atoms. The quantitative estimate of drug-likeness (QED) is 0.521. The molecule has 3 aromatic rings. The summed E-state index contributed by atoms with van der Waals surface area (Å²) in [5.41, 5.74) is 4.91. The van der Waals surface area contributed by atoms with Gasteiger partial charge in [-0.15, -0.1) is 0 Å². The van der Waals surface area contributed by atoms with Crippen molar-refractivity contribution in [2.45, 2.75) is 18.4 Å². The van der Waals surface area contributed by atoms with Crippen molar-refractivity contribution in [2.75, 3.05) is 13.7 Å². The van der Waals surface area contributed by atoms with E-state index in [1.54, 1.807) is 6.07 Å². The van der Waals surface area contributed by atoms with Crippen LogP contribution < -0.4 is 10.1 Å². The van der Waals surface area contributed by atoms with E-state index in [9.17, 15) is 19.8 Å². The third-order valence-corrected chi connectivity index (χ3v) is 5.63. The number of aromatic hydroxyl groups is 1. The van der Waals surface area contributed by atoms with Crippen LogP contribution in [0.1, 0.15) is 22.6 Å². The van der Waals surface area contributed by atoms with Gasteiger partial charge in [0.1, 0.15) is 24.1 Å². The molecule has 0 aliphatic heterocycles. The molecule has 1 atom stereocenters. The molecule has 3 N–H and O–H groups in total. The highest BCUT2D eigenvalue weighted by Crippen LogP contribution is 2.44. The lowest BCUT2D eigenvalue weighted by molar-refractivity contribution is -0.139. The molecule has 0 saturated carbocycles. The number of carbonyl (C=O) groups is 2. The van der Waals surface area contributed by atoms with E-state index in [1.807, 2.05) is 48.5 Å². The Kier molecular flexibility index (Phi) is 5.98. The molecule has 0 spiro atoms. The number of rotatable bonds is 7. The highest BCUT2D eigenvalue weighted by atomic mass is 16.5. The van der Waals surface area contributed by atoms with Crippen LogP contribution >= 0.6 is 0 Å². The maximum Gasteiger partial charge on any atom is 0.407 e. The van der Waals surface area contributed by atoms with Crippen molar-refractivity contribution in [3.63, 3.8) is 0 Å². The predicted octanol–water partition coefficient (Wildman–Crippen LogP) is 3.94. The first-order valence-corrected chi connectivity index (χ1v) is 10.2. The van der Waals surface area contributed by atoms with Gasteiger partial charge in [0.25, 0.3) is 0 Å². The van der Waals surface area contributed by atoms with Gasteiger partial charge in [-0.1, -0.05) is 54.6 Å². The van der Waals surface area contributed by atoms with Gasteiger partial charge in [0, 0.05) is 18.4 Å². The first-order valence-electron chi connectivity index (χ1n) is 10.2. The van der Waals surface area contributed by atoms with Gasteiger partial charge in [-0.2, -0.15) is 0 Å². The highest BCUT2D eigenvalue weighted by molar-refractivity contribution is 5.81. The Hall–Kier alpha value is -4.00. The molecular weight excluding hydrogens is 410 g/mol. The van der Waals surface area contributed by atoms with Crippen LogP contribution in [0, 0.1) is 0 Å². The number of methoxy groups -OCH3 is 1. The number of benzene rings is 3. The number of carbonyl (C=O) groups excluding carboxylic acids is 1. The van der Waals surface area contributed by atoms with Gasteiger partial charge < -0.3 is 25.0 Å². The minimum absolute atomic E-state index is 0.00182. The number of amides is 1. The molecule has 0 saturated heterocycles. The Morgan fingerprint density at radius 2 is 1.62 bits per heavy atom. The smallest absolute Gasteiger partial charge is 0.407 e. The van der Waals surface area contributed by atoms with E-state index in [2.05, 4.69) is 5.32 Å². The Bertz CT molecular complexity index is 1110. The van der Waals surface area contributed by atoms with Crippen molar-refractivity contribution in [2.24, 2.45) is 0 Å². The molecule has 0 aromatic heterocycles. The summed E-state index contributed by atoms with van der Waals surface area (Å²) < 4.78 is 10.6. The molecule has 7 nitrogen and oxygen atoms in total. The van der Waals surface area contributed by atoms with Gasteiger partial charge in [-0.05, 0) is 33.9 Å². The van der Waals surface area contributed by atoms with Gasteiger partial charge in [0.2, 0.25) is 0 Å². The molecule has 0 radical (unpaired) electrons. The lowest BCUT2D eigenvalue weighted by atomic mass is 9.98. The van der Waals surface area contributed by atoms with Crippen LogP contribution in [0.5, 0.6) is 11.5 Å². The zero-order valence-electron chi connectivity index (χ0n) is 17.4. The van der Waals surface area contributed by atoms with Crippen molar-refractivity contribution in [1.29, 1.82) is 0 Å². The number of carboxylic acids is 1. The van der Waals surface area contributed by atoms with Crippen molar-refractivity contribution >= 4 is 12.1 Å². The van der Waals surface area contributed by atoms with Crippen LogP contribution in [0.25, 0.3) is 11.1 Å². The minimum atomic E-state index is -1.22. The van der Waals surface area contributed by atoms with Gasteiger partial charge in [-0.3, -0.25) is 0 Å². The van der Waals surface area contributed by atoms with Crippen LogP contribution in [0.3, 0.4) is 0 Å². The summed E-state index contributed by atoms with van der Waals surface area (Å²) in [7, 11) is 1.42. The van der Waals surface area contributed by atoms with E-state index in [4.69, 9.17) is 9.47 Å². The normalized spacial score (nSPS) is 13.0. The fraction of sp³-hybridized carbons (Fsp3) is 0.200. The Morgan fingerprint density at radius 3 is 2.22 bits per heavy atom. The van der Waals surface area contributed by atoms with E-state index >= 15 is 0 Å². The molecule has 164 valence electrons. The molecule has 1 aliphatic carbocycles. The third-order valence-electron chi connectivity index (χ3n) is 5.63. The van der Waals surface area contributed by atoms with Crippen molar-refractivity contribution < 1.29 is 29.3 Å². The summed E-state index contributed by atoms with van der Waals surface area (Å²) in [6, 6.07) is 19.1. The van der Waals surface area contributed by atoms with Crippen LogP contribution in [0.15, 0.2) is 66.7 Å². The standard InChI is InChI=1S/C25H23NO6/c1-31-23-13-16(27)11-10-15(23)12-22(24(28)29)26-25(30)32-14-21-19-8-4-2-6-17(19)18-7-3-5-9-20(18)21/h2-11,13,21-22,27H,12,14H2,1H3,(H,26,30)(H,28,29)/t22-/m0/s1. The van der Waals surface area contributed by atoms with E-state index in [1.165, 1.54) is 19.2 Å². The van der Waals surface area contributed by atoms with E-state index < -0.39 is 18.1 Å². The van der Waals surface area contributed by atoms with Gasteiger partial charge in [-0.25, -0.2) is 9.59 Å². The zero-order chi connectivity index (χ0) is 22.7. The molecule has 0 unspecified atom stereocenters. The Labute approximate surface area is 185 Å².